The van der Waals surface area contributed by atoms with Crippen LogP contribution in [0.15, 0.2) is 96.3 Å². The van der Waals surface area contributed by atoms with E-state index in [1.54, 1.807) is 0 Å². The van der Waals surface area contributed by atoms with Crippen LogP contribution in [0.4, 0.5) is 0 Å². The third kappa shape index (κ3) is 4.96. The molecule has 0 amide bonds. The molecule has 3 aromatic rings. The van der Waals surface area contributed by atoms with Gasteiger partial charge in [-0.25, -0.2) is 0 Å². The predicted octanol–water partition coefficient (Wildman–Crippen LogP) is 8.30. The summed E-state index contributed by atoms with van der Waals surface area (Å²) >= 11 is 0. The van der Waals surface area contributed by atoms with Crippen molar-refractivity contribution < 1.29 is 9.47 Å². The minimum Gasteiger partial charge on any atom is -0.462 e. The fourth-order valence-corrected chi connectivity index (χ4v) is 4.33. The van der Waals surface area contributed by atoms with Crippen LogP contribution in [0.3, 0.4) is 0 Å². The van der Waals surface area contributed by atoms with Crippen LogP contribution in [0, 0.1) is 19.8 Å². The largest absolute Gasteiger partial charge is 0.462 e. The average molecular weight is 425 g/mol. The Hall–Kier alpha value is -3.26. The molecule has 4 rings (SSSR count). The van der Waals surface area contributed by atoms with Crippen molar-refractivity contribution in [3.8, 4) is 17.2 Å². The molecule has 0 saturated carbocycles. The summed E-state index contributed by atoms with van der Waals surface area (Å²) in [7, 11) is 0. The lowest BCUT2D eigenvalue weighted by Crippen LogP contribution is -2.26. The molecule has 164 valence electrons. The van der Waals surface area contributed by atoms with Gasteiger partial charge in [0.2, 0.25) is 0 Å². The second-order valence-corrected chi connectivity index (χ2v) is 9.34. The van der Waals surface area contributed by atoms with E-state index in [4.69, 9.17) is 9.47 Å². The summed E-state index contributed by atoms with van der Waals surface area (Å²) in [6, 6.07) is 24.8. The summed E-state index contributed by atoms with van der Waals surface area (Å²) in [5.41, 5.74) is 5.09. The molecule has 3 aromatic carbocycles. The molecule has 0 saturated heterocycles. The molecule has 32 heavy (non-hydrogen) atoms. The molecule has 2 heteroatoms. The van der Waals surface area contributed by atoms with Crippen molar-refractivity contribution >= 4 is 0 Å². The third-order valence-corrected chi connectivity index (χ3v) is 6.31. The Bertz CT molecular complexity index is 1110. The van der Waals surface area contributed by atoms with Crippen LogP contribution < -0.4 is 9.47 Å². The Morgan fingerprint density at radius 3 is 1.62 bits per heavy atom. The lowest BCUT2D eigenvalue weighted by molar-refractivity contribution is 0.368. The highest BCUT2D eigenvalue weighted by Crippen LogP contribution is 2.41. The van der Waals surface area contributed by atoms with E-state index in [9.17, 15) is 0 Å². The second-order valence-electron chi connectivity index (χ2n) is 9.34. The smallest absolute Gasteiger partial charge is 0.127 e. The molecule has 2 nitrogen and oxygen atoms in total. The van der Waals surface area contributed by atoms with E-state index in [-0.39, 0.29) is 5.41 Å². The summed E-state index contributed by atoms with van der Waals surface area (Å²) in [6.45, 7) is 11.0. The first kappa shape index (κ1) is 22.0. The minimum absolute atomic E-state index is 0.0757. The summed E-state index contributed by atoms with van der Waals surface area (Å²) < 4.78 is 12.1. The van der Waals surface area contributed by atoms with Crippen molar-refractivity contribution in [2.75, 3.05) is 0 Å². The summed E-state index contributed by atoms with van der Waals surface area (Å²) in [5, 5.41) is 0. The van der Waals surface area contributed by atoms with E-state index in [1.165, 1.54) is 22.3 Å². The van der Waals surface area contributed by atoms with Crippen LogP contribution in [0.25, 0.3) is 0 Å². The zero-order valence-corrected chi connectivity index (χ0v) is 19.7. The Morgan fingerprint density at radius 2 is 1.12 bits per heavy atom. The Kier molecular flexibility index (Phi) is 6.23. The molecule has 1 aliphatic rings. The maximum atomic E-state index is 6.13. The first-order chi connectivity index (χ1) is 15.3. The number of rotatable bonds is 6. The molecule has 0 radical (unpaired) electrons. The lowest BCUT2D eigenvalue weighted by atomic mass is 9.70. The molecule has 0 aliphatic heterocycles. The summed E-state index contributed by atoms with van der Waals surface area (Å²) in [4.78, 5) is 0. The Balaban J connectivity index is 1.49. The first-order valence-electron chi connectivity index (χ1n) is 11.3. The minimum atomic E-state index is -0.0757. The van der Waals surface area contributed by atoms with Crippen LogP contribution in [0.2, 0.25) is 0 Å². The van der Waals surface area contributed by atoms with E-state index in [2.05, 4.69) is 95.3 Å². The van der Waals surface area contributed by atoms with Gasteiger partial charge < -0.3 is 9.47 Å². The third-order valence-electron chi connectivity index (χ3n) is 6.31. The molecule has 0 fully saturated rings. The molecule has 1 atom stereocenters. The lowest BCUT2D eigenvalue weighted by Gasteiger charge is -2.35. The number of hydrogen-bond acceptors (Lipinski definition) is 2. The van der Waals surface area contributed by atoms with Gasteiger partial charge in [-0.2, -0.15) is 0 Å². The highest BCUT2D eigenvalue weighted by Gasteiger charge is 2.31. The first-order valence-corrected chi connectivity index (χ1v) is 11.3. The number of ether oxygens (including phenoxy) is 2. The molecule has 0 aromatic heterocycles. The van der Waals surface area contributed by atoms with Gasteiger partial charge in [-0.3, -0.25) is 0 Å². The van der Waals surface area contributed by atoms with Crippen LogP contribution in [0.1, 0.15) is 43.9 Å². The van der Waals surface area contributed by atoms with Crippen LogP contribution in [0.5, 0.6) is 17.2 Å². The maximum Gasteiger partial charge on any atom is 0.127 e. The van der Waals surface area contributed by atoms with Gasteiger partial charge in [0.05, 0.1) is 0 Å². The van der Waals surface area contributed by atoms with Crippen molar-refractivity contribution in [1.82, 2.24) is 0 Å². The number of hydrogen-bond donors (Lipinski definition) is 0. The van der Waals surface area contributed by atoms with E-state index in [0.29, 0.717) is 5.92 Å². The fraction of sp³-hybridized carbons (Fsp3) is 0.267. The average Bonchev–Trinajstić information content (AvgIpc) is 2.77. The van der Waals surface area contributed by atoms with E-state index in [0.717, 1.165) is 29.4 Å². The molecule has 0 bridgehead atoms. The van der Waals surface area contributed by atoms with Crippen molar-refractivity contribution in [1.29, 1.82) is 0 Å². The number of benzene rings is 3. The molecule has 1 aliphatic carbocycles. The summed E-state index contributed by atoms with van der Waals surface area (Å²) in [5.74, 6) is 4.03. The maximum absolute atomic E-state index is 6.13. The molecule has 0 heterocycles. The molecular formula is C30H32O2. The van der Waals surface area contributed by atoms with E-state index < -0.39 is 0 Å². The van der Waals surface area contributed by atoms with Crippen LogP contribution in [-0.4, -0.2) is 0 Å². The van der Waals surface area contributed by atoms with Gasteiger partial charge >= 0.3 is 0 Å². The van der Waals surface area contributed by atoms with Gasteiger partial charge in [-0.1, -0.05) is 79.9 Å². The van der Waals surface area contributed by atoms with Crippen molar-refractivity contribution in [2.45, 2.75) is 46.5 Å². The standard InChI is InChI=1S/C30H32O2/c1-21-6-12-25(13-7-21)31-27-16-10-24(11-17-27)30(4,5)29-19-18-28(20-23(29)3)32-26-14-8-22(2)9-15-26/h6-19,23H,20H2,1-5H3/t23-/m0/s1. The summed E-state index contributed by atoms with van der Waals surface area (Å²) in [6.07, 6.45) is 5.28. The van der Waals surface area contributed by atoms with Gasteiger partial charge in [0.25, 0.3) is 0 Å². The van der Waals surface area contributed by atoms with Crippen molar-refractivity contribution in [2.24, 2.45) is 5.92 Å². The topological polar surface area (TPSA) is 18.5 Å². The zero-order chi connectivity index (χ0) is 22.7. The quantitative estimate of drug-likeness (QED) is 0.396. The van der Waals surface area contributed by atoms with Crippen molar-refractivity contribution in [3.05, 3.63) is 113 Å². The predicted molar refractivity (Wildman–Crippen MR) is 132 cm³/mol. The van der Waals surface area contributed by atoms with Gasteiger partial charge in [0.15, 0.2) is 0 Å². The highest BCUT2D eigenvalue weighted by atomic mass is 16.5. The zero-order valence-electron chi connectivity index (χ0n) is 19.7. The highest BCUT2D eigenvalue weighted by molar-refractivity contribution is 5.43. The number of aryl methyl sites for hydroxylation is 2. The molecule has 0 N–H and O–H groups in total. The van der Waals surface area contributed by atoms with Gasteiger partial charge in [0.1, 0.15) is 23.0 Å². The monoisotopic (exact) mass is 424 g/mol. The van der Waals surface area contributed by atoms with Crippen molar-refractivity contribution in [3.63, 3.8) is 0 Å². The van der Waals surface area contributed by atoms with Gasteiger partial charge in [-0.05, 0) is 67.8 Å². The van der Waals surface area contributed by atoms with Gasteiger partial charge in [-0.15, -0.1) is 0 Å². The molecule has 0 unspecified atom stereocenters. The normalized spacial score (nSPS) is 16.2. The van der Waals surface area contributed by atoms with E-state index >= 15 is 0 Å². The SMILES string of the molecule is Cc1ccc(OC2=CC=C(C(C)(C)c3ccc(Oc4ccc(C)cc4)cc3)[C@@H](C)C2)cc1. The molecule has 0 spiro atoms. The van der Waals surface area contributed by atoms with Gasteiger partial charge in [0, 0.05) is 11.8 Å². The Labute approximate surface area is 192 Å². The molecular weight excluding hydrogens is 392 g/mol. The van der Waals surface area contributed by atoms with Crippen LogP contribution >= 0.6 is 0 Å². The Morgan fingerprint density at radius 1 is 0.656 bits per heavy atom. The second kappa shape index (κ2) is 9.08. The van der Waals surface area contributed by atoms with Crippen LogP contribution in [-0.2, 0) is 5.41 Å². The number of allylic oxidation sites excluding steroid dienone is 4. The van der Waals surface area contributed by atoms with E-state index in [1.807, 2.05) is 24.3 Å². The fourth-order valence-electron chi connectivity index (χ4n) is 4.33.